The van der Waals surface area contributed by atoms with E-state index < -0.39 is 0 Å². The molecule has 1 aromatic rings. The predicted molar refractivity (Wildman–Crippen MR) is 80.2 cm³/mol. The second kappa shape index (κ2) is 8.35. The highest BCUT2D eigenvalue weighted by Crippen LogP contribution is 2.07. The minimum absolute atomic E-state index is 0.0868. The van der Waals surface area contributed by atoms with Gasteiger partial charge >= 0.3 is 0 Å². The third-order valence-electron chi connectivity index (χ3n) is 3.13. The number of aryl methyl sites for hydroxylation is 1. The number of hydrogen-bond donors (Lipinski definition) is 1. The third kappa shape index (κ3) is 5.87. The van der Waals surface area contributed by atoms with Crippen LogP contribution >= 0.6 is 0 Å². The van der Waals surface area contributed by atoms with Crippen molar-refractivity contribution in [2.45, 2.75) is 40.2 Å². The summed E-state index contributed by atoms with van der Waals surface area (Å²) in [6.07, 6.45) is 2.00. The molecule has 0 aliphatic heterocycles. The Kier molecular flexibility index (Phi) is 6.77. The molecule has 1 aromatic carbocycles. The molecular weight excluding hydrogens is 252 g/mol. The van der Waals surface area contributed by atoms with Gasteiger partial charge in [0.2, 0.25) is 11.8 Å². The van der Waals surface area contributed by atoms with Crippen molar-refractivity contribution in [2.24, 2.45) is 0 Å². The van der Waals surface area contributed by atoms with E-state index in [4.69, 9.17) is 0 Å². The average molecular weight is 276 g/mol. The molecule has 20 heavy (non-hydrogen) atoms. The molecule has 0 bridgehead atoms. The molecular formula is C16H24N2O2. The molecule has 0 aromatic heterocycles. The lowest BCUT2D eigenvalue weighted by molar-refractivity contribution is -0.134. The molecule has 4 nitrogen and oxygen atoms in total. The maximum absolute atomic E-state index is 11.8. The summed E-state index contributed by atoms with van der Waals surface area (Å²) in [6.45, 7) is 6.85. The van der Waals surface area contributed by atoms with Crippen LogP contribution in [-0.2, 0) is 16.1 Å². The van der Waals surface area contributed by atoms with Gasteiger partial charge < -0.3 is 10.2 Å². The first kappa shape index (κ1) is 16.2. The van der Waals surface area contributed by atoms with Crippen molar-refractivity contribution < 1.29 is 9.59 Å². The van der Waals surface area contributed by atoms with Gasteiger partial charge in [-0.3, -0.25) is 9.59 Å². The molecule has 0 saturated heterocycles. The van der Waals surface area contributed by atoms with E-state index in [1.807, 2.05) is 31.2 Å². The standard InChI is InChI=1S/C16H24N2O2/c1-4-5-10-17-16(20)12-18(14(3)19)11-15-8-6-13(2)7-9-15/h6-9H,4-5,10-12H2,1-3H3,(H,17,20). The number of hydrogen-bond acceptors (Lipinski definition) is 2. The highest BCUT2D eigenvalue weighted by molar-refractivity contribution is 5.83. The Morgan fingerprint density at radius 2 is 1.85 bits per heavy atom. The van der Waals surface area contributed by atoms with Crippen molar-refractivity contribution in [3.63, 3.8) is 0 Å². The second-order valence-corrected chi connectivity index (χ2v) is 5.06. The molecule has 0 saturated carbocycles. The molecule has 0 aliphatic rings. The molecule has 1 rings (SSSR count). The summed E-state index contributed by atoms with van der Waals surface area (Å²) in [5, 5.41) is 2.83. The van der Waals surface area contributed by atoms with E-state index in [-0.39, 0.29) is 18.4 Å². The van der Waals surface area contributed by atoms with E-state index >= 15 is 0 Å². The highest BCUT2D eigenvalue weighted by Gasteiger charge is 2.13. The first-order chi connectivity index (χ1) is 9.52. The third-order valence-corrected chi connectivity index (χ3v) is 3.13. The average Bonchev–Trinajstić information content (AvgIpc) is 2.40. The summed E-state index contributed by atoms with van der Waals surface area (Å²) in [6, 6.07) is 7.99. The van der Waals surface area contributed by atoms with Gasteiger partial charge in [-0.1, -0.05) is 43.2 Å². The van der Waals surface area contributed by atoms with Crippen LogP contribution in [0.2, 0.25) is 0 Å². The maximum atomic E-state index is 11.8. The largest absolute Gasteiger partial charge is 0.355 e. The molecule has 0 fully saturated rings. The fourth-order valence-electron chi connectivity index (χ4n) is 1.83. The van der Waals surface area contributed by atoms with Gasteiger partial charge in [0.15, 0.2) is 0 Å². The highest BCUT2D eigenvalue weighted by atomic mass is 16.2. The molecule has 1 N–H and O–H groups in total. The van der Waals surface area contributed by atoms with Crippen LogP contribution in [0.1, 0.15) is 37.8 Å². The van der Waals surface area contributed by atoms with E-state index in [9.17, 15) is 9.59 Å². The number of carbonyl (C=O) groups is 2. The van der Waals surface area contributed by atoms with Crippen LogP contribution in [0.5, 0.6) is 0 Å². The van der Waals surface area contributed by atoms with Crippen LogP contribution < -0.4 is 5.32 Å². The summed E-state index contributed by atoms with van der Waals surface area (Å²) in [5.74, 6) is -0.183. The van der Waals surface area contributed by atoms with Crippen molar-refractivity contribution in [1.29, 1.82) is 0 Å². The lowest BCUT2D eigenvalue weighted by atomic mass is 10.1. The van der Waals surface area contributed by atoms with Gasteiger partial charge in [-0.2, -0.15) is 0 Å². The van der Waals surface area contributed by atoms with E-state index in [0.29, 0.717) is 13.1 Å². The summed E-state index contributed by atoms with van der Waals surface area (Å²) >= 11 is 0. The molecule has 0 spiro atoms. The van der Waals surface area contributed by atoms with Gasteiger partial charge in [-0.05, 0) is 18.9 Å². The molecule has 0 radical (unpaired) electrons. The zero-order valence-corrected chi connectivity index (χ0v) is 12.6. The van der Waals surface area contributed by atoms with Crippen LogP contribution in [0.25, 0.3) is 0 Å². The maximum Gasteiger partial charge on any atom is 0.239 e. The minimum Gasteiger partial charge on any atom is -0.355 e. The zero-order valence-electron chi connectivity index (χ0n) is 12.6. The smallest absolute Gasteiger partial charge is 0.239 e. The van der Waals surface area contributed by atoms with Gasteiger partial charge in [-0.15, -0.1) is 0 Å². The summed E-state index contributed by atoms with van der Waals surface area (Å²) < 4.78 is 0. The Morgan fingerprint density at radius 1 is 1.20 bits per heavy atom. The Balaban J connectivity index is 2.54. The Bertz CT molecular complexity index is 440. The monoisotopic (exact) mass is 276 g/mol. The molecule has 0 heterocycles. The number of nitrogens with one attached hydrogen (secondary N) is 1. The molecule has 4 heteroatoms. The van der Waals surface area contributed by atoms with Crippen LogP contribution in [0.4, 0.5) is 0 Å². The summed E-state index contributed by atoms with van der Waals surface area (Å²) in [4.78, 5) is 25.0. The van der Waals surface area contributed by atoms with Gasteiger partial charge in [0.1, 0.15) is 0 Å². The van der Waals surface area contributed by atoms with Crippen molar-refractivity contribution in [3.05, 3.63) is 35.4 Å². The van der Waals surface area contributed by atoms with Crippen molar-refractivity contribution in [1.82, 2.24) is 10.2 Å². The van der Waals surface area contributed by atoms with Crippen LogP contribution in [-0.4, -0.2) is 29.8 Å². The van der Waals surface area contributed by atoms with Gasteiger partial charge in [0.05, 0.1) is 6.54 Å². The lowest BCUT2D eigenvalue weighted by Gasteiger charge is -2.20. The number of amides is 2. The van der Waals surface area contributed by atoms with Crippen molar-refractivity contribution in [2.75, 3.05) is 13.1 Å². The molecule has 2 amide bonds. The van der Waals surface area contributed by atoms with Gasteiger partial charge in [0, 0.05) is 20.0 Å². The lowest BCUT2D eigenvalue weighted by Crippen LogP contribution is -2.39. The zero-order chi connectivity index (χ0) is 15.0. The predicted octanol–water partition coefficient (Wildman–Crippen LogP) is 2.26. The van der Waals surface area contributed by atoms with Crippen LogP contribution in [0.15, 0.2) is 24.3 Å². The second-order valence-electron chi connectivity index (χ2n) is 5.06. The number of carbonyl (C=O) groups excluding carboxylic acids is 2. The van der Waals surface area contributed by atoms with Crippen molar-refractivity contribution in [3.8, 4) is 0 Å². The molecule has 110 valence electrons. The Morgan fingerprint density at radius 3 is 2.40 bits per heavy atom. The topological polar surface area (TPSA) is 49.4 Å². The van der Waals surface area contributed by atoms with E-state index in [2.05, 4.69) is 12.2 Å². The van der Waals surface area contributed by atoms with Gasteiger partial charge in [-0.25, -0.2) is 0 Å². The van der Waals surface area contributed by atoms with Crippen LogP contribution in [0, 0.1) is 6.92 Å². The van der Waals surface area contributed by atoms with E-state index in [1.165, 1.54) is 12.5 Å². The number of benzene rings is 1. The fraction of sp³-hybridized carbons (Fsp3) is 0.500. The fourth-order valence-corrected chi connectivity index (χ4v) is 1.83. The Labute approximate surface area is 121 Å². The van der Waals surface area contributed by atoms with E-state index in [1.54, 1.807) is 4.90 Å². The van der Waals surface area contributed by atoms with Crippen LogP contribution in [0.3, 0.4) is 0 Å². The summed E-state index contributed by atoms with van der Waals surface area (Å²) in [7, 11) is 0. The minimum atomic E-state index is -0.0965. The van der Waals surface area contributed by atoms with Crippen molar-refractivity contribution >= 4 is 11.8 Å². The quantitative estimate of drug-likeness (QED) is 0.777. The SMILES string of the molecule is CCCCNC(=O)CN(Cc1ccc(C)cc1)C(C)=O. The number of rotatable bonds is 7. The molecule has 0 atom stereocenters. The first-order valence-electron chi connectivity index (χ1n) is 7.10. The summed E-state index contributed by atoms with van der Waals surface area (Å²) in [5.41, 5.74) is 2.22. The molecule has 0 aliphatic carbocycles. The molecule has 0 unspecified atom stereocenters. The number of nitrogens with zero attached hydrogens (tertiary/aromatic N) is 1. The van der Waals surface area contributed by atoms with E-state index in [0.717, 1.165) is 18.4 Å². The number of unbranched alkanes of at least 4 members (excludes halogenated alkanes) is 1. The van der Waals surface area contributed by atoms with Gasteiger partial charge in [0.25, 0.3) is 0 Å². The normalized spacial score (nSPS) is 10.2. The Hall–Kier alpha value is -1.84. The first-order valence-corrected chi connectivity index (χ1v) is 7.10.